The third-order valence-corrected chi connectivity index (χ3v) is 5.31. The number of hydrogen-bond acceptors (Lipinski definition) is 5. The smallest absolute Gasteiger partial charge is 0.282 e. The predicted molar refractivity (Wildman–Crippen MR) is 127 cm³/mol. The fraction of sp³-hybridized carbons (Fsp3) is 0.0870. The molecular formula is C23H17FIN3O3. The Morgan fingerprint density at radius 1 is 1.00 bits per heavy atom. The van der Waals surface area contributed by atoms with Crippen molar-refractivity contribution in [3.63, 3.8) is 0 Å². The number of halogens is 2. The van der Waals surface area contributed by atoms with Crippen LogP contribution in [0.3, 0.4) is 0 Å². The minimum Gasteiger partial charge on any atom is -0.493 e. The monoisotopic (exact) mass is 529 g/mol. The molecule has 0 fully saturated rings. The second kappa shape index (κ2) is 8.84. The maximum Gasteiger partial charge on any atom is 0.282 e. The molecule has 4 aromatic rings. The van der Waals surface area contributed by atoms with Gasteiger partial charge in [-0.2, -0.15) is 9.78 Å². The van der Waals surface area contributed by atoms with Crippen molar-refractivity contribution >= 4 is 39.7 Å². The molecule has 4 rings (SSSR count). The third kappa shape index (κ3) is 4.29. The fourth-order valence-electron chi connectivity index (χ4n) is 3.09. The van der Waals surface area contributed by atoms with Gasteiger partial charge < -0.3 is 9.47 Å². The summed E-state index contributed by atoms with van der Waals surface area (Å²) in [7, 11) is 3.09. The molecule has 0 aliphatic carbocycles. The van der Waals surface area contributed by atoms with Crippen LogP contribution in [0.2, 0.25) is 0 Å². The van der Waals surface area contributed by atoms with Crippen molar-refractivity contribution in [2.24, 2.45) is 5.10 Å². The summed E-state index contributed by atoms with van der Waals surface area (Å²) in [5.41, 5.74) is 1.52. The molecule has 0 atom stereocenters. The van der Waals surface area contributed by atoms with Gasteiger partial charge in [-0.3, -0.25) is 4.79 Å². The number of nitrogens with zero attached hydrogens (tertiary/aromatic N) is 3. The van der Waals surface area contributed by atoms with Gasteiger partial charge in [0.15, 0.2) is 17.3 Å². The highest BCUT2D eigenvalue weighted by molar-refractivity contribution is 14.1. The summed E-state index contributed by atoms with van der Waals surface area (Å²) < 4.78 is 26.1. The van der Waals surface area contributed by atoms with Gasteiger partial charge in [-0.25, -0.2) is 9.37 Å². The normalized spacial score (nSPS) is 11.2. The second-order valence-electron chi connectivity index (χ2n) is 6.58. The summed E-state index contributed by atoms with van der Waals surface area (Å²) in [4.78, 5) is 18.0. The Labute approximate surface area is 191 Å². The van der Waals surface area contributed by atoms with E-state index in [1.165, 1.54) is 30.1 Å². The molecule has 0 unspecified atom stereocenters. The average Bonchev–Trinajstić information content (AvgIpc) is 2.79. The molecule has 0 aliphatic heterocycles. The summed E-state index contributed by atoms with van der Waals surface area (Å²) in [6.07, 6.45) is 1.49. The summed E-state index contributed by atoms with van der Waals surface area (Å²) in [6, 6.07) is 16.6. The molecule has 0 saturated carbocycles. The molecule has 1 aromatic heterocycles. The maximum atomic E-state index is 13.3. The molecule has 0 bridgehead atoms. The van der Waals surface area contributed by atoms with Gasteiger partial charge in [-0.05, 0) is 76.7 Å². The maximum absolute atomic E-state index is 13.3. The van der Waals surface area contributed by atoms with Gasteiger partial charge in [-0.15, -0.1) is 0 Å². The quantitative estimate of drug-likeness (QED) is 0.278. The number of aromatic nitrogens is 2. The number of ether oxygens (including phenoxy) is 2. The van der Waals surface area contributed by atoms with Gasteiger partial charge in [-0.1, -0.05) is 12.1 Å². The minimum atomic E-state index is -0.345. The molecule has 8 heteroatoms. The Kier molecular flexibility index (Phi) is 5.99. The number of benzene rings is 3. The van der Waals surface area contributed by atoms with Gasteiger partial charge in [0.05, 0.1) is 31.3 Å². The third-order valence-electron chi connectivity index (χ3n) is 4.64. The van der Waals surface area contributed by atoms with E-state index >= 15 is 0 Å². The molecule has 0 amide bonds. The lowest BCUT2D eigenvalue weighted by molar-refractivity contribution is 0.355. The van der Waals surface area contributed by atoms with Crippen LogP contribution >= 0.6 is 22.6 Å². The van der Waals surface area contributed by atoms with Gasteiger partial charge in [0.1, 0.15) is 5.82 Å². The number of fused-ring (bicyclic) bond motifs is 1. The van der Waals surface area contributed by atoms with Crippen LogP contribution in [0.25, 0.3) is 22.3 Å². The van der Waals surface area contributed by atoms with Gasteiger partial charge in [0.2, 0.25) is 0 Å². The van der Waals surface area contributed by atoms with E-state index in [0.717, 1.165) is 3.57 Å². The first-order valence-corrected chi connectivity index (χ1v) is 10.3. The summed E-state index contributed by atoms with van der Waals surface area (Å²) in [5.74, 6) is 1.07. The van der Waals surface area contributed by atoms with Crippen LogP contribution in [0, 0.1) is 9.39 Å². The van der Waals surface area contributed by atoms with Crippen LogP contribution < -0.4 is 15.0 Å². The van der Waals surface area contributed by atoms with E-state index in [4.69, 9.17) is 14.5 Å². The van der Waals surface area contributed by atoms with Crippen molar-refractivity contribution in [2.75, 3.05) is 14.2 Å². The van der Waals surface area contributed by atoms with Crippen LogP contribution in [-0.2, 0) is 0 Å². The SMILES string of the molecule is COc1ccc(-c2nc3ccc(I)cc3c(=O)n2N=Cc2ccc(F)cc2)cc1OC. The van der Waals surface area contributed by atoms with Gasteiger partial charge in [0, 0.05) is 9.13 Å². The molecular weight excluding hydrogens is 512 g/mol. The highest BCUT2D eigenvalue weighted by Crippen LogP contribution is 2.32. The molecule has 31 heavy (non-hydrogen) atoms. The zero-order valence-corrected chi connectivity index (χ0v) is 18.8. The lowest BCUT2D eigenvalue weighted by Crippen LogP contribution is -2.20. The van der Waals surface area contributed by atoms with Crippen LogP contribution in [0.1, 0.15) is 5.56 Å². The molecule has 0 radical (unpaired) electrons. The van der Waals surface area contributed by atoms with E-state index in [1.54, 1.807) is 49.6 Å². The first-order chi connectivity index (χ1) is 15.0. The highest BCUT2D eigenvalue weighted by atomic mass is 127. The van der Waals surface area contributed by atoms with Crippen LogP contribution in [0.15, 0.2) is 70.6 Å². The van der Waals surface area contributed by atoms with Crippen molar-refractivity contribution in [2.45, 2.75) is 0 Å². The Bertz CT molecular complexity index is 1350. The molecule has 0 N–H and O–H groups in total. The average molecular weight is 529 g/mol. The number of methoxy groups -OCH3 is 2. The molecule has 0 aliphatic rings. The van der Waals surface area contributed by atoms with E-state index in [-0.39, 0.29) is 11.4 Å². The van der Waals surface area contributed by atoms with E-state index < -0.39 is 0 Å². The molecule has 1 heterocycles. The van der Waals surface area contributed by atoms with Crippen molar-refractivity contribution in [3.05, 3.63) is 86.0 Å². The predicted octanol–water partition coefficient (Wildman–Crippen LogP) is 4.71. The second-order valence-corrected chi connectivity index (χ2v) is 7.83. The first-order valence-electron chi connectivity index (χ1n) is 9.25. The Hall–Kier alpha value is -3.27. The van der Waals surface area contributed by atoms with E-state index in [2.05, 4.69) is 27.7 Å². The number of hydrogen-bond donors (Lipinski definition) is 0. The summed E-state index contributed by atoms with van der Waals surface area (Å²) in [5, 5.41) is 4.83. The molecule has 0 spiro atoms. The lowest BCUT2D eigenvalue weighted by atomic mass is 10.1. The Morgan fingerprint density at radius 3 is 2.45 bits per heavy atom. The van der Waals surface area contributed by atoms with Gasteiger partial charge >= 0.3 is 0 Å². The topological polar surface area (TPSA) is 65.7 Å². The van der Waals surface area contributed by atoms with Crippen molar-refractivity contribution in [1.29, 1.82) is 0 Å². The largest absolute Gasteiger partial charge is 0.493 e. The van der Waals surface area contributed by atoms with Crippen LogP contribution in [-0.4, -0.2) is 30.1 Å². The zero-order chi connectivity index (χ0) is 22.0. The first kappa shape index (κ1) is 21.0. The standard InChI is InChI=1S/C23H17FIN3O3/c1-30-20-10-5-15(11-21(20)31-2)22-27-19-9-8-17(25)12-18(19)23(29)28(22)26-13-14-3-6-16(24)7-4-14/h3-13H,1-2H3. The van der Waals surface area contributed by atoms with E-state index in [1.807, 2.05) is 6.07 Å². The Balaban J connectivity index is 1.95. The summed E-state index contributed by atoms with van der Waals surface area (Å²) >= 11 is 2.15. The number of rotatable bonds is 5. The van der Waals surface area contributed by atoms with Gasteiger partial charge in [0.25, 0.3) is 5.56 Å². The fourth-order valence-corrected chi connectivity index (χ4v) is 3.58. The molecule has 6 nitrogen and oxygen atoms in total. The van der Waals surface area contributed by atoms with Crippen molar-refractivity contribution in [3.8, 4) is 22.9 Å². The van der Waals surface area contributed by atoms with E-state index in [0.29, 0.717) is 39.4 Å². The molecule has 0 saturated heterocycles. The molecule has 156 valence electrons. The van der Waals surface area contributed by atoms with Crippen LogP contribution in [0.5, 0.6) is 11.5 Å². The van der Waals surface area contributed by atoms with Crippen molar-refractivity contribution in [1.82, 2.24) is 9.66 Å². The minimum absolute atomic E-state index is 0.313. The lowest BCUT2D eigenvalue weighted by Gasteiger charge is -2.12. The van der Waals surface area contributed by atoms with Crippen molar-refractivity contribution < 1.29 is 13.9 Å². The Morgan fingerprint density at radius 2 is 1.74 bits per heavy atom. The van der Waals surface area contributed by atoms with Crippen LogP contribution in [0.4, 0.5) is 4.39 Å². The summed E-state index contributed by atoms with van der Waals surface area (Å²) in [6.45, 7) is 0. The molecule has 3 aromatic carbocycles. The van der Waals surface area contributed by atoms with E-state index in [9.17, 15) is 9.18 Å². The highest BCUT2D eigenvalue weighted by Gasteiger charge is 2.15. The zero-order valence-electron chi connectivity index (χ0n) is 16.7.